The first-order valence-electron chi connectivity index (χ1n) is 7.75. The third kappa shape index (κ3) is 2.47. The summed E-state index contributed by atoms with van der Waals surface area (Å²) in [6, 6.07) is 0. The van der Waals surface area contributed by atoms with Gasteiger partial charge in [-0.2, -0.15) is 12.6 Å². The maximum absolute atomic E-state index is 6.24. The Labute approximate surface area is 118 Å². The van der Waals surface area contributed by atoms with Crippen LogP contribution in [0.15, 0.2) is 0 Å². The fourth-order valence-corrected chi connectivity index (χ4v) is 4.40. The Morgan fingerprint density at radius 2 is 1.83 bits per heavy atom. The first kappa shape index (κ1) is 14.7. The Balaban J connectivity index is 1.72. The van der Waals surface area contributed by atoms with E-state index >= 15 is 0 Å². The molecule has 0 amide bonds. The predicted molar refractivity (Wildman–Crippen MR) is 81.3 cm³/mol. The average Bonchev–Trinajstić information content (AvgIpc) is 2.66. The molecule has 0 aliphatic heterocycles. The molecule has 0 aromatic heterocycles. The van der Waals surface area contributed by atoms with Gasteiger partial charge in [-0.1, -0.05) is 33.6 Å². The van der Waals surface area contributed by atoms with Crippen molar-refractivity contribution in [2.75, 3.05) is 12.4 Å². The maximum Gasteiger partial charge on any atom is 0.0636 e. The lowest BCUT2D eigenvalue weighted by Crippen LogP contribution is -2.37. The third-order valence-electron chi connectivity index (χ3n) is 6.09. The van der Waals surface area contributed by atoms with Gasteiger partial charge in [-0.05, 0) is 54.6 Å². The summed E-state index contributed by atoms with van der Waals surface area (Å²) in [5.41, 5.74) is 0.923. The van der Waals surface area contributed by atoms with E-state index in [9.17, 15) is 0 Å². The van der Waals surface area contributed by atoms with Crippen molar-refractivity contribution >= 4 is 12.6 Å². The summed E-state index contributed by atoms with van der Waals surface area (Å²) in [6.45, 7) is 8.35. The summed E-state index contributed by atoms with van der Waals surface area (Å²) < 4.78 is 6.24. The van der Waals surface area contributed by atoms with Gasteiger partial charge in [0.25, 0.3) is 0 Å². The van der Waals surface area contributed by atoms with E-state index in [-0.39, 0.29) is 0 Å². The zero-order valence-electron chi connectivity index (χ0n) is 12.4. The molecule has 2 heteroatoms. The van der Waals surface area contributed by atoms with Crippen LogP contribution in [0.3, 0.4) is 0 Å². The van der Waals surface area contributed by atoms with Crippen molar-refractivity contribution in [3.05, 3.63) is 0 Å². The highest BCUT2D eigenvalue weighted by molar-refractivity contribution is 7.80. The van der Waals surface area contributed by atoms with Crippen molar-refractivity contribution in [1.82, 2.24) is 0 Å². The third-order valence-corrected chi connectivity index (χ3v) is 6.40. The summed E-state index contributed by atoms with van der Waals surface area (Å²) in [7, 11) is 0. The van der Waals surface area contributed by atoms with E-state index in [4.69, 9.17) is 4.74 Å². The van der Waals surface area contributed by atoms with E-state index in [1.165, 1.54) is 44.9 Å². The summed E-state index contributed by atoms with van der Waals surface area (Å²) in [5.74, 6) is 1.92. The highest BCUT2D eigenvalue weighted by atomic mass is 32.1. The van der Waals surface area contributed by atoms with Crippen molar-refractivity contribution in [1.29, 1.82) is 0 Å². The zero-order valence-corrected chi connectivity index (χ0v) is 13.3. The molecule has 0 radical (unpaired) electrons. The van der Waals surface area contributed by atoms with Crippen LogP contribution in [0.2, 0.25) is 0 Å². The van der Waals surface area contributed by atoms with Gasteiger partial charge in [-0.25, -0.2) is 0 Å². The fraction of sp³-hybridized carbons (Fsp3) is 1.00. The van der Waals surface area contributed by atoms with E-state index in [1.54, 1.807) is 0 Å². The second kappa shape index (κ2) is 5.75. The molecule has 2 saturated carbocycles. The molecule has 0 saturated heterocycles. The molecule has 0 heterocycles. The number of hydrogen-bond acceptors (Lipinski definition) is 2. The Kier molecular flexibility index (Phi) is 4.70. The molecule has 0 aromatic rings. The van der Waals surface area contributed by atoms with Crippen LogP contribution in [-0.4, -0.2) is 18.5 Å². The van der Waals surface area contributed by atoms with Crippen molar-refractivity contribution in [2.24, 2.45) is 16.7 Å². The lowest BCUT2D eigenvalue weighted by atomic mass is 9.70. The first-order chi connectivity index (χ1) is 8.52. The SMILES string of the molecule is CC1(C)C2CCC1(C)C(OCCCCCCS)C2. The Hall–Kier alpha value is 0.310. The molecule has 2 fully saturated rings. The molecule has 2 aliphatic rings. The van der Waals surface area contributed by atoms with Crippen LogP contribution < -0.4 is 0 Å². The predicted octanol–water partition coefficient (Wildman–Crippen LogP) is 4.71. The standard InChI is InChI=1S/C16H30OS/c1-15(2)13-8-9-16(15,3)14(12-13)17-10-6-4-5-7-11-18/h13-14,18H,4-12H2,1-3H3. The highest BCUT2D eigenvalue weighted by Crippen LogP contribution is 2.66. The van der Waals surface area contributed by atoms with Gasteiger partial charge in [0, 0.05) is 6.61 Å². The van der Waals surface area contributed by atoms with E-state index in [1.807, 2.05) is 0 Å². The zero-order chi connectivity index (χ0) is 13.2. The van der Waals surface area contributed by atoms with Gasteiger partial charge in [0.2, 0.25) is 0 Å². The van der Waals surface area contributed by atoms with Crippen molar-refractivity contribution in [3.8, 4) is 0 Å². The van der Waals surface area contributed by atoms with Gasteiger partial charge in [-0.15, -0.1) is 0 Å². The Morgan fingerprint density at radius 1 is 1.11 bits per heavy atom. The van der Waals surface area contributed by atoms with Crippen LogP contribution in [0, 0.1) is 16.7 Å². The number of unbranched alkanes of at least 4 members (excludes halogenated alkanes) is 3. The first-order valence-corrected chi connectivity index (χ1v) is 8.38. The molecule has 3 unspecified atom stereocenters. The highest BCUT2D eigenvalue weighted by Gasteiger charge is 2.61. The summed E-state index contributed by atoms with van der Waals surface area (Å²) in [6.07, 6.45) is 9.71. The molecule has 18 heavy (non-hydrogen) atoms. The molecule has 3 atom stereocenters. The number of ether oxygens (including phenoxy) is 1. The smallest absolute Gasteiger partial charge is 0.0636 e. The van der Waals surface area contributed by atoms with Crippen LogP contribution in [0.4, 0.5) is 0 Å². The number of fused-ring (bicyclic) bond motifs is 2. The molecule has 2 aliphatic carbocycles. The largest absolute Gasteiger partial charge is 0.378 e. The second-order valence-electron chi connectivity index (χ2n) is 7.11. The van der Waals surface area contributed by atoms with Gasteiger partial charge < -0.3 is 4.74 Å². The second-order valence-corrected chi connectivity index (χ2v) is 7.55. The van der Waals surface area contributed by atoms with Crippen LogP contribution in [0.25, 0.3) is 0 Å². The van der Waals surface area contributed by atoms with E-state index in [2.05, 4.69) is 33.4 Å². The average molecular weight is 270 g/mol. The Morgan fingerprint density at radius 3 is 2.39 bits per heavy atom. The lowest BCUT2D eigenvalue weighted by Gasteiger charge is -2.39. The van der Waals surface area contributed by atoms with Crippen LogP contribution in [-0.2, 0) is 4.74 Å². The summed E-state index contributed by atoms with van der Waals surface area (Å²) >= 11 is 4.24. The lowest BCUT2D eigenvalue weighted by molar-refractivity contribution is -0.0475. The minimum absolute atomic E-state index is 0.433. The van der Waals surface area contributed by atoms with Crippen LogP contribution in [0.5, 0.6) is 0 Å². The number of rotatable bonds is 7. The molecular formula is C16H30OS. The molecule has 0 aromatic carbocycles. The number of hydrogen-bond donors (Lipinski definition) is 1. The summed E-state index contributed by atoms with van der Waals surface area (Å²) in [4.78, 5) is 0. The van der Waals surface area contributed by atoms with Gasteiger partial charge in [-0.3, -0.25) is 0 Å². The molecule has 106 valence electrons. The van der Waals surface area contributed by atoms with E-state index < -0.39 is 0 Å². The minimum atomic E-state index is 0.433. The minimum Gasteiger partial charge on any atom is -0.378 e. The Bertz CT molecular complexity index is 276. The number of thiol groups is 1. The molecule has 2 rings (SSSR count). The van der Waals surface area contributed by atoms with Crippen LogP contribution in [0.1, 0.15) is 65.7 Å². The van der Waals surface area contributed by atoms with Gasteiger partial charge in [0.1, 0.15) is 0 Å². The van der Waals surface area contributed by atoms with Crippen molar-refractivity contribution in [3.63, 3.8) is 0 Å². The van der Waals surface area contributed by atoms with Gasteiger partial charge in [0.15, 0.2) is 0 Å². The topological polar surface area (TPSA) is 9.23 Å². The normalized spacial score (nSPS) is 37.3. The molecule has 0 spiro atoms. The molecule has 1 nitrogen and oxygen atoms in total. The van der Waals surface area contributed by atoms with Gasteiger partial charge >= 0.3 is 0 Å². The molecule has 2 bridgehead atoms. The van der Waals surface area contributed by atoms with Crippen molar-refractivity contribution in [2.45, 2.75) is 71.8 Å². The summed E-state index contributed by atoms with van der Waals surface area (Å²) in [5, 5.41) is 0. The quantitative estimate of drug-likeness (QED) is 0.521. The monoisotopic (exact) mass is 270 g/mol. The molecular weight excluding hydrogens is 240 g/mol. The maximum atomic E-state index is 6.24. The van der Waals surface area contributed by atoms with Crippen molar-refractivity contribution < 1.29 is 4.74 Å². The van der Waals surface area contributed by atoms with Crippen LogP contribution >= 0.6 is 12.6 Å². The van der Waals surface area contributed by atoms with E-state index in [0.717, 1.165) is 18.3 Å². The van der Waals surface area contributed by atoms with Gasteiger partial charge in [0.05, 0.1) is 6.10 Å². The fourth-order valence-electron chi connectivity index (χ4n) is 4.18. The molecule has 0 N–H and O–H groups in total. The van der Waals surface area contributed by atoms with E-state index in [0.29, 0.717) is 16.9 Å².